The Kier molecular flexibility index (Phi) is 5.26. The van der Waals surface area contributed by atoms with Crippen molar-refractivity contribution in [3.05, 3.63) is 59.2 Å². The van der Waals surface area contributed by atoms with E-state index < -0.39 is 0 Å². The predicted molar refractivity (Wildman–Crippen MR) is 104 cm³/mol. The Morgan fingerprint density at radius 3 is 2.54 bits per heavy atom. The van der Waals surface area contributed by atoms with Gasteiger partial charge in [0.2, 0.25) is 0 Å². The average Bonchev–Trinajstić information content (AvgIpc) is 2.64. The van der Waals surface area contributed by atoms with Crippen LogP contribution in [0.1, 0.15) is 52.5 Å². The molecule has 26 heavy (non-hydrogen) atoms. The summed E-state index contributed by atoms with van der Waals surface area (Å²) in [5.74, 6) is -0.153. The second-order valence-electron chi connectivity index (χ2n) is 6.95. The third-order valence-electron chi connectivity index (χ3n) is 4.96. The summed E-state index contributed by atoms with van der Waals surface area (Å²) in [6.07, 6.45) is 3.29. The number of hydrogen-bond donors (Lipinski definition) is 2. The van der Waals surface area contributed by atoms with E-state index in [2.05, 4.69) is 12.2 Å². The number of amides is 2. The van der Waals surface area contributed by atoms with Crippen molar-refractivity contribution in [3.63, 3.8) is 0 Å². The van der Waals surface area contributed by atoms with Crippen LogP contribution in [0.2, 0.25) is 0 Å². The molecule has 2 aromatic rings. The van der Waals surface area contributed by atoms with Crippen molar-refractivity contribution < 1.29 is 9.59 Å². The SMILES string of the molecule is Cc1ccc(N)cc1C(=O)Nc1ccc(C(=O)N2CCCCC2C)cc1. The number of piperidine rings is 1. The van der Waals surface area contributed by atoms with Crippen molar-refractivity contribution in [3.8, 4) is 0 Å². The van der Waals surface area contributed by atoms with Gasteiger partial charge in [-0.25, -0.2) is 0 Å². The number of aryl methyl sites for hydroxylation is 1. The van der Waals surface area contributed by atoms with Crippen molar-refractivity contribution in [1.82, 2.24) is 4.90 Å². The van der Waals surface area contributed by atoms with Crippen LogP contribution in [0.4, 0.5) is 11.4 Å². The number of benzene rings is 2. The minimum Gasteiger partial charge on any atom is -0.399 e. The molecule has 1 aliphatic rings. The Morgan fingerprint density at radius 2 is 1.85 bits per heavy atom. The highest BCUT2D eigenvalue weighted by Crippen LogP contribution is 2.21. The minimum atomic E-state index is -0.210. The summed E-state index contributed by atoms with van der Waals surface area (Å²) in [5, 5.41) is 2.86. The molecule has 1 fully saturated rings. The van der Waals surface area contributed by atoms with E-state index in [9.17, 15) is 9.59 Å². The van der Waals surface area contributed by atoms with Gasteiger partial charge in [-0.05, 0) is 75.1 Å². The third kappa shape index (κ3) is 3.87. The van der Waals surface area contributed by atoms with Gasteiger partial charge in [0.15, 0.2) is 0 Å². The number of carbonyl (C=O) groups excluding carboxylic acids is 2. The number of nitrogen functional groups attached to an aromatic ring is 1. The van der Waals surface area contributed by atoms with Crippen LogP contribution in [0.25, 0.3) is 0 Å². The number of nitrogens with one attached hydrogen (secondary N) is 1. The number of rotatable bonds is 3. The number of nitrogens with zero attached hydrogens (tertiary/aromatic N) is 1. The summed E-state index contributed by atoms with van der Waals surface area (Å²) in [6, 6.07) is 12.6. The Balaban J connectivity index is 1.70. The van der Waals surface area contributed by atoms with E-state index >= 15 is 0 Å². The maximum absolute atomic E-state index is 12.7. The average molecular weight is 351 g/mol. The number of nitrogens with two attached hydrogens (primary N) is 1. The van der Waals surface area contributed by atoms with E-state index in [0.717, 1.165) is 24.9 Å². The van der Waals surface area contributed by atoms with Crippen molar-refractivity contribution in [2.75, 3.05) is 17.6 Å². The highest BCUT2D eigenvalue weighted by atomic mass is 16.2. The molecule has 136 valence electrons. The lowest BCUT2D eigenvalue weighted by molar-refractivity contribution is 0.0635. The first-order valence-electron chi connectivity index (χ1n) is 9.04. The fraction of sp³-hybridized carbons (Fsp3) is 0.333. The lowest BCUT2D eigenvalue weighted by Crippen LogP contribution is -2.42. The molecule has 0 aromatic heterocycles. The number of carbonyl (C=O) groups is 2. The van der Waals surface area contributed by atoms with E-state index in [1.807, 2.05) is 17.9 Å². The van der Waals surface area contributed by atoms with Crippen molar-refractivity contribution in [2.45, 2.75) is 39.2 Å². The second kappa shape index (κ2) is 7.60. The molecule has 2 amide bonds. The van der Waals surface area contributed by atoms with Gasteiger partial charge < -0.3 is 16.0 Å². The fourth-order valence-electron chi connectivity index (χ4n) is 3.34. The van der Waals surface area contributed by atoms with Gasteiger partial charge in [0, 0.05) is 35.1 Å². The van der Waals surface area contributed by atoms with Gasteiger partial charge in [0.05, 0.1) is 0 Å². The first-order chi connectivity index (χ1) is 12.5. The molecular weight excluding hydrogens is 326 g/mol. The predicted octanol–water partition coefficient (Wildman–Crippen LogP) is 3.84. The largest absolute Gasteiger partial charge is 0.399 e. The Bertz CT molecular complexity index is 815. The number of hydrogen-bond acceptors (Lipinski definition) is 3. The summed E-state index contributed by atoms with van der Waals surface area (Å²) in [5.41, 5.74) is 9.04. The molecule has 0 aliphatic carbocycles. The van der Waals surface area contributed by atoms with Crippen LogP contribution in [-0.4, -0.2) is 29.3 Å². The molecule has 3 rings (SSSR count). The summed E-state index contributed by atoms with van der Waals surface area (Å²) in [6.45, 7) is 4.78. The zero-order valence-corrected chi connectivity index (χ0v) is 15.3. The molecule has 1 atom stereocenters. The topological polar surface area (TPSA) is 75.4 Å². The van der Waals surface area contributed by atoms with Gasteiger partial charge in [-0.15, -0.1) is 0 Å². The van der Waals surface area contributed by atoms with Gasteiger partial charge in [0.25, 0.3) is 11.8 Å². The van der Waals surface area contributed by atoms with E-state index in [1.165, 1.54) is 6.42 Å². The van der Waals surface area contributed by atoms with E-state index in [4.69, 9.17) is 5.73 Å². The zero-order chi connectivity index (χ0) is 18.7. The molecule has 5 heteroatoms. The smallest absolute Gasteiger partial charge is 0.256 e. The van der Waals surface area contributed by atoms with E-state index in [-0.39, 0.29) is 17.9 Å². The molecule has 0 bridgehead atoms. The molecule has 0 radical (unpaired) electrons. The van der Waals surface area contributed by atoms with E-state index in [1.54, 1.807) is 36.4 Å². The van der Waals surface area contributed by atoms with Crippen molar-refractivity contribution >= 4 is 23.2 Å². The van der Waals surface area contributed by atoms with Crippen LogP contribution in [0.15, 0.2) is 42.5 Å². The van der Waals surface area contributed by atoms with E-state index in [0.29, 0.717) is 22.5 Å². The van der Waals surface area contributed by atoms with Gasteiger partial charge >= 0.3 is 0 Å². The standard InChI is InChI=1S/C21H25N3O2/c1-14-6-9-17(22)13-19(14)20(25)23-18-10-7-16(8-11-18)21(26)24-12-4-3-5-15(24)2/h6-11,13,15H,3-5,12,22H2,1-2H3,(H,23,25). The maximum atomic E-state index is 12.7. The maximum Gasteiger partial charge on any atom is 0.256 e. The molecule has 3 N–H and O–H groups in total. The molecule has 1 saturated heterocycles. The lowest BCUT2D eigenvalue weighted by Gasteiger charge is -2.33. The number of anilines is 2. The highest BCUT2D eigenvalue weighted by Gasteiger charge is 2.24. The Hall–Kier alpha value is -2.82. The first-order valence-corrected chi connectivity index (χ1v) is 9.04. The van der Waals surface area contributed by atoms with Gasteiger partial charge in [-0.1, -0.05) is 6.07 Å². The summed E-state index contributed by atoms with van der Waals surface area (Å²) >= 11 is 0. The monoisotopic (exact) mass is 351 g/mol. The van der Waals surface area contributed by atoms with Crippen molar-refractivity contribution in [2.24, 2.45) is 0 Å². The molecular formula is C21H25N3O2. The fourth-order valence-corrected chi connectivity index (χ4v) is 3.34. The molecule has 1 aliphatic heterocycles. The second-order valence-corrected chi connectivity index (χ2v) is 6.95. The van der Waals surface area contributed by atoms with Crippen LogP contribution in [0.3, 0.4) is 0 Å². The quantitative estimate of drug-likeness (QED) is 0.825. The third-order valence-corrected chi connectivity index (χ3v) is 4.96. The highest BCUT2D eigenvalue weighted by molar-refractivity contribution is 6.06. The zero-order valence-electron chi connectivity index (χ0n) is 15.3. The van der Waals surface area contributed by atoms with Crippen LogP contribution < -0.4 is 11.1 Å². The molecule has 2 aromatic carbocycles. The van der Waals surface area contributed by atoms with Crippen molar-refractivity contribution in [1.29, 1.82) is 0 Å². The van der Waals surface area contributed by atoms with Crippen LogP contribution in [-0.2, 0) is 0 Å². The summed E-state index contributed by atoms with van der Waals surface area (Å²) in [7, 11) is 0. The van der Waals surface area contributed by atoms with Crippen LogP contribution in [0, 0.1) is 6.92 Å². The molecule has 0 spiro atoms. The summed E-state index contributed by atoms with van der Waals surface area (Å²) < 4.78 is 0. The summed E-state index contributed by atoms with van der Waals surface area (Å²) in [4.78, 5) is 27.1. The van der Waals surface area contributed by atoms with Crippen LogP contribution >= 0.6 is 0 Å². The lowest BCUT2D eigenvalue weighted by atomic mass is 10.0. The van der Waals surface area contributed by atoms with Crippen LogP contribution in [0.5, 0.6) is 0 Å². The minimum absolute atomic E-state index is 0.0572. The Morgan fingerprint density at radius 1 is 1.12 bits per heavy atom. The Labute approximate surface area is 154 Å². The molecule has 5 nitrogen and oxygen atoms in total. The van der Waals surface area contributed by atoms with Gasteiger partial charge in [-0.2, -0.15) is 0 Å². The number of likely N-dealkylation sites (tertiary alicyclic amines) is 1. The molecule has 0 saturated carbocycles. The molecule has 1 heterocycles. The first kappa shape index (κ1) is 18.0. The van der Waals surface area contributed by atoms with Gasteiger partial charge in [0.1, 0.15) is 0 Å². The molecule has 1 unspecified atom stereocenters. The van der Waals surface area contributed by atoms with Gasteiger partial charge in [-0.3, -0.25) is 9.59 Å². The normalized spacial score (nSPS) is 17.0.